The molecule has 0 saturated carbocycles. The number of carbonyl (C=O) groups is 2. The third-order valence-corrected chi connectivity index (χ3v) is 2.98. The van der Waals surface area contributed by atoms with Gasteiger partial charge in [-0.05, 0) is 12.1 Å². The molecule has 21 heavy (non-hydrogen) atoms. The summed E-state index contributed by atoms with van der Waals surface area (Å²) in [4.78, 5) is 27.3. The first-order chi connectivity index (χ1) is 10.2. The Bertz CT molecular complexity index is 841. The number of carboxylic acid groups (broad SMARTS) is 1. The van der Waals surface area contributed by atoms with Crippen LogP contribution in [0.25, 0.3) is 5.52 Å². The molecule has 0 radical (unpaired) electrons. The summed E-state index contributed by atoms with van der Waals surface area (Å²) >= 11 is 0. The smallest absolute Gasteiger partial charge is 0.337 e. The van der Waals surface area contributed by atoms with Gasteiger partial charge in [-0.1, -0.05) is 12.1 Å². The Labute approximate surface area is 118 Å². The van der Waals surface area contributed by atoms with Gasteiger partial charge in [-0.3, -0.25) is 9.78 Å². The maximum absolute atomic E-state index is 12.3. The van der Waals surface area contributed by atoms with E-state index in [4.69, 9.17) is 5.11 Å². The second kappa shape index (κ2) is 5.04. The molecule has 2 N–H and O–H groups in total. The van der Waals surface area contributed by atoms with Crippen molar-refractivity contribution in [2.45, 2.75) is 0 Å². The number of nitrogens with zero attached hydrogens (tertiary/aromatic N) is 3. The van der Waals surface area contributed by atoms with E-state index in [1.165, 1.54) is 29.0 Å². The molecule has 0 atom stereocenters. The molecule has 3 aromatic rings. The van der Waals surface area contributed by atoms with Gasteiger partial charge in [-0.25, -0.2) is 9.31 Å². The van der Waals surface area contributed by atoms with Gasteiger partial charge in [0.1, 0.15) is 0 Å². The third-order valence-electron chi connectivity index (χ3n) is 2.98. The van der Waals surface area contributed by atoms with Gasteiger partial charge in [0.25, 0.3) is 5.91 Å². The molecule has 0 bridgehead atoms. The number of aromatic nitrogens is 3. The van der Waals surface area contributed by atoms with E-state index in [-0.39, 0.29) is 11.3 Å². The minimum atomic E-state index is -1.10. The zero-order chi connectivity index (χ0) is 14.8. The van der Waals surface area contributed by atoms with Crippen molar-refractivity contribution in [2.75, 3.05) is 5.32 Å². The minimum absolute atomic E-state index is 0.0282. The van der Waals surface area contributed by atoms with Crippen LogP contribution in [0.4, 0.5) is 5.69 Å². The topological polar surface area (TPSA) is 96.6 Å². The van der Waals surface area contributed by atoms with E-state index < -0.39 is 11.9 Å². The third kappa shape index (κ3) is 2.32. The first-order valence-corrected chi connectivity index (χ1v) is 6.08. The zero-order valence-electron chi connectivity index (χ0n) is 10.7. The zero-order valence-corrected chi connectivity index (χ0v) is 10.7. The van der Waals surface area contributed by atoms with Crippen molar-refractivity contribution < 1.29 is 14.7 Å². The van der Waals surface area contributed by atoms with Crippen molar-refractivity contribution in [3.05, 3.63) is 60.2 Å². The summed E-state index contributed by atoms with van der Waals surface area (Å²) in [5.41, 5.74) is 1.13. The molecule has 0 aliphatic carbocycles. The molecule has 0 aliphatic heterocycles. The molecule has 7 heteroatoms. The highest BCUT2D eigenvalue weighted by Gasteiger charge is 2.16. The number of rotatable bonds is 3. The molecule has 0 aliphatic rings. The Morgan fingerprint density at radius 2 is 1.95 bits per heavy atom. The Morgan fingerprint density at radius 3 is 2.76 bits per heavy atom. The molecule has 1 amide bonds. The fourth-order valence-electron chi connectivity index (χ4n) is 1.98. The molecule has 0 saturated heterocycles. The number of amides is 1. The molecular weight excluding hydrogens is 272 g/mol. The van der Waals surface area contributed by atoms with E-state index in [0.29, 0.717) is 11.1 Å². The van der Waals surface area contributed by atoms with Crippen molar-refractivity contribution in [3.63, 3.8) is 0 Å². The highest BCUT2D eigenvalue weighted by atomic mass is 16.4. The Kier molecular flexibility index (Phi) is 3.07. The quantitative estimate of drug-likeness (QED) is 0.761. The van der Waals surface area contributed by atoms with Gasteiger partial charge in [-0.2, -0.15) is 5.10 Å². The van der Waals surface area contributed by atoms with Crippen LogP contribution in [0.5, 0.6) is 0 Å². The lowest BCUT2D eigenvalue weighted by molar-refractivity contribution is 0.0698. The molecule has 2 aromatic heterocycles. The first-order valence-electron chi connectivity index (χ1n) is 6.08. The maximum atomic E-state index is 12.3. The van der Waals surface area contributed by atoms with Gasteiger partial charge in [0.15, 0.2) is 0 Å². The normalized spacial score (nSPS) is 10.5. The standard InChI is InChI=1S/C14H10N4O3/c19-13(10-7-16-18-6-5-15-8-12(10)18)17-11-4-2-1-3-9(11)14(20)21/h1-8H,(H,17,19)(H,20,21). The molecular formula is C14H10N4O3. The van der Waals surface area contributed by atoms with Gasteiger partial charge < -0.3 is 10.4 Å². The van der Waals surface area contributed by atoms with E-state index in [0.717, 1.165) is 0 Å². The lowest BCUT2D eigenvalue weighted by Crippen LogP contribution is -2.14. The fourth-order valence-corrected chi connectivity index (χ4v) is 1.98. The molecule has 0 spiro atoms. The first kappa shape index (κ1) is 12.8. The van der Waals surface area contributed by atoms with E-state index in [9.17, 15) is 9.59 Å². The number of anilines is 1. The van der Waals surface area contributed by atoms with Gasteiger partial charge in [0.05, 0.1) is 34.7 Å². The minimum Gasteiger partial charge on any atom is -0.478 e. The van der Waals surface area contributed by atoms with Crippen molar-refractivity contribution >= 4 is 23.1 Å². The van der Waals surface area contributed by atoms with Crippen LogP contribution in [0.2, 0.25) is 0 Å². The van der Waals surface area contributed by atoms with E-state index in [1.54, 1.807) is 24.5 Å². The number of hydrogen-bond acceptors (Lipinski definition) is 4. The molecule has 3 rings (SSSR count). The number of carbonyl (C=O) groups excluding carboxylic acids is 1. The van der Waals surface area contributed by atoms with Gasteiger partial charge in [0.2, 0.25) is 0 Å². The summed E-state index contributed by atoms with van der Waals surface area (Å²) < 4.78 is 1.52. The lowest BCUT2D eigenvalue weighted by atomic mass is 10.1. The van der Waals surface area contributed by atoms with Crippen LogP contribution in [0.3, 0.4) is 0 Å². The Balaban J connectivity index is 1.96. The lowest BCUT2D eigenvalue weighted by Gasteiger charge is -2.07. The number of fused-ring (bicyclic) bond motifs is 1. The van der Waals surface area contributed by atoms with E-state index >= 15 is 0 Å². The largest absolute Gasteiger partial charge is 0.478 e. The summed E-state index contributed by atoms with van der Waals surface area (Å²) in [6.45, 7) is 0. The number of para-hydroxylation sites is 1. The van der Waals surface area contributed by atoms with Gasteiger partial charge in [-0.15, -0.1) is 0 Å². The second-order valence-electron chi connectivity index (χ2n) is 4.27. The number of hydrogen-bond donors (Lipinski definition) is 2. The summed E-state index contributed by atoms with van der Waals surface area (Å²) in [6, 6.07) is 6.21. The Hall–Kier alpha value is -3.22. The van der Waals surface area contributed by atoms with Crippen molar-refractivity contribution in [1.82, 2.24) is 14.6 Å². The van der Waals surface area contributed by atoms with Crippen molar-refractivity contribution in [1.29, 1.82) is 0 Å². The van der Waals surface area contributed by atoms with E-state index in [2.05, 4.69) is 15.4 Å². The summed E-state index contributed by atoms with van der Waals surface area (Å²) in [5.74, 6) is -1.54. The second-order valence-corrected chi connectivity index (χ2v) is 4.27. The molecule has 7 nitrogen and oxygen atoms in total. The van der Waals surface area contributed by atoms with Crippen LogP contribution < -0.4 is 5.32 Å². The summed E-state index contributed by atoms with van der Waals surface area (Å²) in [5, 5.41) is 15.7. The average molecular weight is 282 g/mol. The monoisotopic (exact) mass is 282 g/mol. The van der Waals surface area contributed by atoms with Crippen LogP contribution in [0.1, 0.15) is 20.7 Å². The highest BCUT2D eigenvalue weighted by Crippen LogP contribution is 2.17. The number of nitrogens with one attached hydrogen (secondary N) is 1. The number of aromatic carboxylic acids is 1. The van der Waals surface area contributed by atoms with Gasteiger partial charge >= 0.3 is 5.97 Å². The predicted octanol–water partition coefficient (Wildman–Crippen LogP) is 1.68. The average Bonchev–Trinajstić information content (AvgIpc) is 2.91. The molecule has 2 heterocycles. The van der Waals surface area contributed by atoms with Crippen LogP contribution in [-0.4, -0.2) is 31.6 Å². The van der Waals surface area contributed by atoms with E-state index in [1.807, 2.05) is 0 Å². The van der Waals surface area contributed by atoms with Crippen LogP contribution in [0.15, 0.2) is 49.1 Å². The SMILES string of the molecule is O=C(O)c1ccccc1NC(=O)c1cnn2ccncc12. The van der Waals surface area contributed by atoms with Gasteiger partial charge in [0, 0.05) is 12.4 Å². The Morgan fingerprint density at radius 1 is 1.14 bits per heavy atom. The summed E-state index contributed by atoms with van der Waals surface area (Å²) in [6.07, 6.45) is 6.11. The van der Waals surface area contributed by atoms with Crippen LogP contribution in [0, 0.1) is 0 Å². The molecule has 1 aromatic carbocycles. The number of carboxylic acids is 1. The molecule has 104 valence electrons. The predicted molar refractivity (Wildman–Crippen MR) is 74.3 cm³/mol. The maximum Gasteiger partial charge on any atom is 0.337 e. The molecule has 0 fully saturated rings. The van der Waals surface area contributed by atoms with Crippen LogP contribution in [-0.2, 0) is 0 Å². The molecule has 0 unspecified atom stereocenters. The van der Waals surface area contributed by atoms with Crippen molar-refractivity contribution in [3.8, 4) is 0 Å². The van der Waals surface area contributed by atoms with Crippen molar-refractivity contribution in [2.24, 2.45) is 0 Å². The van der Waals surface area contributed by atoms with Crippen LogP contribution >= 0.6 is 0 Å². The fraction of sp³-hybridized carbons (Fsp3) is 0. The number of benzene rings is 1. The highest BCUT2D eigenvalue weighted by molar-refractivity contribution is 6.10. The summed E-state index contributed by atoms with van der Waals surface area (Å²) in [7, 11) is 0.